The van der Waals surface area contributed by atoms with Gasteiger partial charge in [-0.3, -0.25) is 0 Å². The number of anilines is 2. The molecule has 0 unspecified atom stereocenters. The van der Waals surface area contributed by atoms with Crippen LogP contribution in [-0.2, 0) is 0 Å². The van der Waals surface area contributed by atoms with Crippen LogP contribution in [0.2, 0.25) is 5.15 Å². The molecule has 1 fully saturated rings. The van der Waals surface area contributed by atoms with Crippen molar-refractivity contribution >= 4 is 23.1 Å². The van der Waals surface area contributed by atoms with Gasteiger partial charge in [-0.25, -0.2) is 9.99 Å². The number of hydrogen-bond acceptors (Lipinski definition) is 5. The Kier molecular flexibility index (Phi) is 3.48. The summed E-state index contributed by atoms with van der Waals surface area (Å²) in [5, 5.41) is 2.54. The number of hydrazine groups is 1. The number of halogens is 1. The van der Waals surface area contributed by atoms with Crippen LogP contribution < -0.4 is 11.2 Å². The van der Waals surface area contributed by atoms with Gasteiger partial charge in [0.2, 0.25) is 0 Å². The smallest absolute Gasteiger partial charge is 0.144 e. The molecule has 6 heteroatoms. The second-order valence-electron chi connectivity index (χ2n) is 4.01. The lowest BCUT2D eigenvalue weighted by Gasteiger charge is -2.32. The predicted octanol–water partition coefficient (Wildman–Crippen LogP) is 0.891. The van der Waals surface area contributed by atoms with E-state index in [4.69, 9.17) is 17.3 Å². The Labute approximate surface area is 100 Å². The van der Waals surface area contributed by atoms with Crippen LogP contribution >= 0.6 is 11.6 Å². The number of nitrogens with one attached hydrogen (secondary N) is 1. The monoisotopic (exact) mass is 241 g/mol. The van der Waals surface area contributed by atoms with Crippen molar-refractivity contribution in [3.8, 4) is 0 Å². The summed E-state index contributed by atoms with van der Waals surface area (Å²) in [4.78, 5) is 6.46. The number of nitrogens with two attached hydrogens (primary N) is 1. The summed E-state index contributed by atoms with van der Waals surface area (Å²) >= 11 is 5.83. The molecule has 2 rings (SSSR count). The summed E-state index contributed by atoms with van der Waals surface area (Å²) in [6.45, 7) is 4.02. The summed E-state index contributed by atoms with van der Waals surface area (Å²) in [6.07, 6.45) is 0. The third kappa shape index (κ3) is 2.98. The predicted molar refractivity (Wildman–Crippen MR) is 66.4 cm³/mol. The number of nitrogens with zero attached hydrogens (tertiary/aromatic N) is 3. The van der Waals surface area contributed by atoms with Crippen LogP contribution in [0.5, 0.6) is 0 Å². The highest BCUT2D eigenvalue weighted by Crippen LogP contribution is 2.16. The zero-order valence-corrected chi connectivity index (χ0v) is 10.0. The number of aromatic nitrogens is 1. The van der Waals surface area contributed by atoms with E-state index in [0.717, 1.165) is 26.2 Å². The summed E-state index contributed by atoms with van der Waals surface area (Å²) in [5.74, 6) is 0.703. The Balaban J connectivity index is 1.98. The maximum atomic E-state index is 5.83. The highest BCUT2D eigenvalue weighted by atomic mass is 35.5. The number of likely N-dealkylation sites (N-methyl/N-ethyl adjacent to an activating group) is 1. The maximum Gasteiger partial charge on any atom is 0.144 e. The van der Waals surface area contributed by atoms with Crippen LogP contribution in [0.4, 0.5) is 11.5 Å². The fourth-order valence-corrected chi connectivity index (χ4v) is 1.87. The molecule has 0 atom stereocenters. The molecule has 0 bridgehead atoms. The van der Waals surface area contributed by atoms with Gasteiger partial charge < -0.3 is 16.1 Å². The van der Waals surface area contributed by atoms with Gasteiger partial charge in [-0.05, 0) is 13.1 Å². The first-order valence-electron chi connectivity index (χ1n) is 5.27. The van der Waals surface area contributed by atoms with Crippen molar-refractivity contribution < 1.29 is 0 Å². The highest BCUT2D eigenvalue weighted by molar-refractivity contribution is 6.29. The van der Waals surface area contributed by atoms with E-state index in [-0.39, 0.29) is 0 Å². The number of piperazine rings is 1. The van der Waals surface area contributed by atoms with E-state index in [1.165, 1.54) is 0 Å². The Morgan fingerprint density at radius 2 is 2.00 bits per heavy atom. The van der Waals surface area contributed by atoms with Gasteiger partial charge in [0.05, 0.1) is 0 Å². The van der Waals surface area contributed by atoms with E-state index in [9.17, 15) is 0 Å². The minimum Gasteiger partial charge on any atom is -0.399 e. The maximum absolute atomic E-state index is 5.83. The highest BCUT2D eigenvalue weighted by Gasteiger charge is 2.13. The molecule has 0 amide bonds. The van der Waals surface area contributed by atoms with Gasteiger partial charge in [0.25, 0.3) is 0 Å². The average molecular weight is 242 g/mol. The molecule has 0 aliphatic carbocycles. The lowest BCUT2D eigenvalue weighted by molar-refractivity contribution is 0.178. The SMILES string of the molecule is CN1CCN(Nc2cc(N)cc(Cl)n2)CC1. The van der Waals surface area contributed by atoms with Crippen molar-refractivity contribution in [3.63, 3.8) is 0 Å². The van der Waals surface area contributed by atoms with E-state index >= 15 is 0 Å². The molecule has 0 saturated carbocycles. The lowest BCUT2D eigenvalue weighted by atomic mass is 10.4. The molecule has 1 aliphatic rings. The second kappa shape index (κ2) is 4.86. The van der Waals surface area contributed by atoms with E-state index in [0.29, 0.717) is 16.7 Å². The van der Waals surface area contributed by atoms with Crippen molar-refractivity contribution in [2.24, 2.45) is 0 Å². The molecule has 1 aliphatic heterocycles. The second-order valence-corrected chi connectivity index (χ2v) is 4.40. The van der Waals surface area contributed by atoms with Gasteiger partial charge in [-0.2, -0.15) is 0 Å². The van der Waals surface area contributed by atoms with Crippen LogP contribution in [0, 0.1) is 0 Å². The van der Waals surface area contributed by atoms with Crippen molar-refractivity contribution in [2.75, 3.05) is 44.4 Å². The molecular formula is C10H16ClN5. The third-order valence-electron chi connectivity index (χ3n) is 2.59. The number of pyridine rings is 1. The quantitative estimate of drug-likeness (QED) is 0.754. The zero-order chi connectivity index (χ0) is 11.5. The van der Waals surface area contributed by atoms with Gasteiger partial charge in [0.15, 0.2) is 0 Å². The van der Waals surface area contributed by atoms with Crippen LogP contribution in [0.3, 0.4) is 0 Å². The van der Waals surface area contributed by atoms with Crippen LogP contribution in [0.25, 0.3) is 0 Å². The van der Waals surface area contributed by atoms with Crippen LogP contribution in [0.15, 0.2) is 12.1 Å². The lowest BCUT2D eigenvalue weighted by Crippen LogP contribution is -2.47. The Morgan fingerprint density at radius 3 is 2.62 bits per heavy atom. The average Bonchev–Trinajstić information content (AvgIpc) is 2.20. The number of rotatable bonds is 2. The molecular weight excluding hydrogens is 226 g/mol. The fourth-order valence-electron chi connectivity index (χ4n) is 1.65. The molecule has 0 aromatic carbocycles. The number of hydrogen-bond donors (Lipinski definition) is 2. The minimum absolute atomic E-state index is 0.414. The molecule has 2 heterocycles. The van der Waals surface area contributed by atoms with E-state index in [2.05, 4.69) is 27.4 Å². The normalized spacial score (nSPS) is 18.6. The third-order valence-corrected chi connectivity index (χ3v) is 2.79. The molecule has 3 N–H and O–H groups in total. The van der Waals surface area contributed by atoms with E-state index < -0.39 is 0 Å². The van der Waals surface area contributed by atoms with Crippen molar-refractivity contribution in [3.05, 3.63) is 17.3 Å². The van der Waals surface area contributed by atoms with Crippen molar-refractivity contribution in [1.82, 2.24) is 14.9 Å². The largest absolute Gasteiger partial charge is 0.399 e. The first-order chi connectivity index (χ1) is 7.63. The van der Waals surface area contributed by atoms with Gasteiger partial charge in [-0.15, -0.1) is 0 Å². The molecule has 5 nitrogen and oxygen atoms in total. The van der Waals surface area contributed by atoms with Crippen molar-refractivity contribution in [2.45, 2.75) is 0 Å². The molecule has 0 radical (unpaired) electrons. The Hall–Kier alpha value is -1.04. The molecule has 1 saturated heterocycles. The topological polar surface area (TPSA) is 57.4 Å². The molecule has 0 spiro atoms. The van der Waals surface area contributed by atoms with Gasteiger partial charge in [0, 0.05) is 37.9 Å². The van der Waals surface area contributed by atoms with E-state index in [1.807, 2.05) is 0 Å². The summed E-state index contributed by atoms with van der Waals surface area (Å²) < 4.78 is 0. The van der Waals surface area contributed by atoms with Crippen LogP contribution in [-0.4, -0.2) is 48.1 Å². The summed E-state index contributed by atoms with van der Waals surface area (Å²) in [6, 6.07) is 3.42. The Bertz CT molecular complexity index is 342. The van der Waals surface area contributed by atoms with Gasteiger partial charge >= 0.3 is 0 Å². The van der Waals surface area contributed by atoms with Gasteiger partial charge in [-0.1, -0.05) is 11.6 Å². The van der Waals surface area contributed by atoms with Crippen molar-refractivity contribution in [1.29, 1.82) is 0 Å². The standard InChI is InChI=1S/C10H16ClN5/c1-15-2-4-16(5-3-15)14-10-7-8(12)6-9(11)13-10/h6-7H,2-5H2,1H3,(H3,12,13,14). The Morgan fingerprint density at radius 1 is 1.31 bits per heavy atom. The zero-order valence-electron chi connectivity index (χ0n) is 9.28. The molecule has 16 heavy (non-hydrogen) atoms. The number of nitrogen functional groups attached to an aromatic ring is 1. The summed E-state index contributed by atoms with van der Waals surface area (Å²) in [5.41, 5.74) is 9.53. The first kappa shape index (κ1) is 11.4. The first-order valence-corrected chi connectivity index (χ1v) is 5.64. The molecule has 1 aromatic rings. The minimum atomic E-state index is 0.414. The van der Waals surface area contributed by atoms with Crippen LogP contribution in [0.1, 0.15) is 0 Å². The molecule has 88 valence electrons. The molecule has 1 aromatic heterocycles. The fraction of sp³-hybridized carbons (Fsp3) is 0.500. The van der Waals surface area contributed by atoms with E-state index in [1.54, 1.807) is 12.1 Å². The van der Waals surface area contributed by atoms with Gasteiger partial charge in [0.1, 0.15) is 11.0 Å². The summed E-state index contributed by atoms with van der Waals surface area (Å²) in [7, 11) is 2.12.